The van der Waals surface area contributed by atoms with Crippen molar-refractivity contribution in [3.8, 4) is 11.5 Å². The summed E-state index contributed by atoms with van der Waals surface area (Å²) in [6.45, 7) is 0.369. The molecule has 2 aromatic rings. The van der Waals surface area contributed by atoms with Gasteiger partial charge in [-0.05, 0) is 17.7 Å². The molecule has 1 amide bonds. The van der Waals surface area contributed by atoms with Gasteiger partial charge < -0.3 is 15.2 Å². The van der Waals surface area contributed by atoms with Crippen LogP contribution in [0.3, 0.4) is 0 Å². The Hall–Kier alpha value is -2.49. The van der Waals surface area contributed by atoms with E-state index < -0.39 is 5.91 Å². The summed E-state index contributed by atoms with van der Waals surface area (Å²) in [5.41, 5.74) is 6.67. The van der Waals surface area contributed by atoms with Crippen molar-refractivity contribution in [3.63, 3.8) is 0 Å². The van der Waals surface area contributed by atoms with Gasteiger partial charge in [0.1, 0.15) is 18.1 Å². The van der Waals surface area contributed by atoms with E-state index >= 15 is 0 Å². The van der Waals surface area contributed by atoms with Gasteiger partial charge in [0.2, 0.25) is 0 Å². The highest BCUT2D eigenvalue weighted by Gasteiger charge is 2.10. The van der Waals surface area contributed by atoms with Crippen LogP contribution in [0.4, 0.5) is 0 Å². The molecule has 0 spiro atoms. The number of primary amides is 1. The van der Waals surface area contributed by atoms with E-state index in [1.165, 1.54) is 0 Å². The normalized spacial score (nSPS) is 9.95. The average Bonchev–Trinajstić information content (AvgIpc) is 2.45. The van der Waals surface area contributed by atoms with Gasteiger partial charge in [0.25, 0.3) is 5.91 Å². The fraction of sp³-hybridized carbons (Fsp3) is 0.133. The Morgan fingerprint density at radius 1 is 1.16 bits per heavy atom. The minimum absolute atomic E-state index is 0.344. The third kappa shape index (κ3) is 3.25. The van der Waals surface area contributed by atoms with Gasteiger partial charge in [0.05, 0.1) is 12.7 Å². The molecule has 0 fully saturated rings. The van der Waals surface area contributed by atoms with Crippen molar-refractivity contribution in [2.75, 3.05) is 7.11 Å². The van der Waals surface area contributed by atoms with Crippen molar-refractivity contribution in [2.24, 2.45) is 5.73 Å². The quantitative estimate of drug-likeness (QED) is 0.894. The number of rotatable bonds is 5. The highest BCUT2D eigenvalue weighted by Crippen LogP contribution is 2.25. The number of carbonyl (C=O) groups excluding carboxylic acids is 1. The van der Waals surface area contributed by atoms with Gasteiger partial charge in [-0.15, -0.1) is 0 Å². The Kier molecular flexibility index (Phi) is 4.03. The minimum atomic E-state index is -0.522. The molecular weight excluding hydrogens is 242 g/mol. The van der Waals surface area contributed by atoms with E-state index in [9.17, 15) is 4.79 Å². The van der Waals surface area contributed by atoms with Crippen molar-refractivity contribution in [3.05, 3.63) is 59.7 Å². The summed E-state index contributed by atoms with van der Waals surface area (Å²) in [4.78, 5) is 11.3. The maximum absolute atomic E-state index is 11.3. The van der Waals surface area contributed by atoms with Crippen molar-refractivity contribution >= 4 is 5.91 Å². The molecule has 0 aliphatic carbocycles. The summed E-state index contributed by atoms with van der Waals surface area (Å²) >= 11 is 0. The number of hydrogen-bond acceptors (Lipinski definition) is 3. The smallest absolute Gasteiger partial charge is 0.252 e. The molecule has 98 valence electrons. The Labute approximate surface area is 111 Å². The monoisotopic (exact) mass is 257 g/mol. The van der Waals surface area contributed by atoms with Gasteiger partial charge >= 0.3 is 0 Å². The van der Waals surface area contributed by atoms with Crippen LogP contribution < -0.4 is 15.2 Å². The highest BCUT2D eigenvalue weighted by atomic mass is 16.5. The van der Waals surface area contributed by atoms with Crippen LogP contribution in [0.15, 0.2) is 48.5 Å². The Bertz CT molecular complexity index is 567. The lowest BCUT2D eigenvalue weighted by Gasteiger charge is -2.11. The van der Waals surface area contributed by atoms with Crippen molar-refractivity contribution in [1.29, 1.82) is 0 Å². The predicted molar refractivity (Wildman–Crippen MR) is 72.3 cm³/mol. The molecule has 0 unspecified atom stereocenters. The summed E-state index contributed by atoms with van der Waals surface area (Å²) in [6.07, 6.45) is 0. The number of hydrogen-bond donors (Lipinski definition) is 1. The molecule has 0 atom stereocenters. The Morgan fingerprint density at radius 2 is 1.89 bits per heavy atom. The minimum Gasteiger partial charge on any atom is -0.497 e. The molecule has 0 radical (unpaired) electrons. The van der Waals surface area contributed by atoms with Crippen molar-refractivity contribution < 1.29 is 14.3 Å². The predicted octanol–water partition coefficient (Wildman–Crippen LogP) is 2.37. The molecule has 4 nitrogen and oxygen atoms in total. The van der Waals surface area contributed by atoms with Gasteiger partial charge in [-0.3, -0.25) is 4.79 Å². The fourth-order valence-corrected chi connectivity index (χ4v) is 1.69. The zero-order valence-corrected chi connectivity index (χ0v) is 10.6. The summed E-state index contributed by atoms with van der Waals surface area (Å²) in [6, 6.07) is 14.6. The van der Waals surface area contributed by atoms with Gasteiger partial charge in [-0.25, -0.2) is 0 Å². The first kappa shape index (κ1) is 13.0. The lowest BCUT2D eigenvalue weighted by atomic mass is 10.2. The first-order valence-corrected chi connectivity index (χ1v) is 5.85. The van der Waals surface area contributed by atoms with Gasteiger partial charge in [-0.2, -0.15) is 0 Å². The molecule has 2 aromatic carbocycles. The van der Waals surface area contributed by atoms with Crippen LogP contribution in [-0.2, 0) is 6.61 Å². The summed E-state index contributed by atoms with van der Waals surface area (Å²) in [5, 5.41) is 0. The molecule has 0 saturated carbocycles. The number of benzene rings is 2. The molecule has 0 aliphatic rings. The van der Waals surface area contributed by atoms with Gasteiger partial charge in [0.15, 0.2) is 0 Å². The second-order valence-electron chi connectivity index (χ2n) is 4.00. The summed E-state index contributed by atoms with van der Waals surface area (Å²) in [5.74, 6) is 0.523. The second kappa shape index (κ2) is 5.91. The molecule has 0 heterocycles. The topological polar surface area (TPSA) is 61.5 Å². The molecule has 2 rings (SSSR count). The van der Waals surface area contributed by atoms with Crippen LogP contribution in [0.25, 0.3) is 0 Å². The van der Waals surface area contributed by atoms with E-state index in [0.29, 0.717) is 23.7 Å². The number of nitrogens with two attached hydrogens (primary N) is 1. The maximum Gasteiger partial charge on any atom is 0.252 e. The van der Waals surface area contributed by atoms with E-state index in [1.54, 1.807) is 25.3 Å². The Balaban J connectivity index is 2.20. The number of amides is 1. The zero-order chi connectivity index (χ0) is 13.7. The lowest BCUT2D eigenvalue weighted by Crippen LogP contribution is -2.13. The maximum atomic E-state index is 11.3. The van der Waals surface area contributed by atoms with Crippen LogP contribution in [0.1, 0.15) is 15.9 Å². The molecule has 0 aromatic heterocycles. The fourth-order valence-electron chi connectivity index (χ4n) is 1.69. The van der Waals surface area contributed by atoms with E-state index in [4.69, 9.17) is 15.2 Å². The van der Waals surface area contributed by atoms with Gasteiger partial charge in [0, 0.05) is 6.07 Å². The number of ether oxygens (including phenoxy) is 2. The van der Waals surface area contributed by atoms with Crippen LogP contribution in [0.5, 0.6) is 11.5 Å². The van der Waals surface area contributed by atoms with E-state index in [1.807, 2.05) is 30.3 Å². The largest absolute Gasteiger partial charge is 0.497 e. The van der Waals surface area contributed by atoms with Crippen LogP contribution >= 0.6 is 0 Å². The zero-order valence-electron chi connectivity index (χ0n) is 10.6. The molecule has 4 heteroatoms. The molecular formula is C15H15NO3. The first-order chi connectivity index (χ1) is 9.20. The average molecular weight is 257 g/mol. The van der Waals surface area contributed by atoms with Crippen molar-refractivity contribution in [1.82, 2.24) is 0 Å². The number of methoxy groups -OCH3 is 1. The molecule has 0 saturated heterocycles. The SMILES string of the molecule is COc1ccc(C(N)=O)c(OCc2ccccc2)c1. The van der Waals surface area contributed by atoms with E-state index in [-0.39, 0.29) is 0 Å². The molecule has 0 bridgehead atoms. The summed E-state index contributed by atoms with van der Waals surface area (Å²) < 4.78 is 10.8. The van der Waals surface area contributed by atoms with Gasteiger partial charge in [-0.1, -0.05) is 30.3 Å². The van der Waals surface area contributed by atoms with Crippen LogP contribution in [0.2, 0.25) is 0 Å². The number of carbonyl (C=O) groups is 1. The highest BCUT2D eigenvalue weighted by molar-refractivity contribution is 5.95. The molecule has 0 aliphatic heterocycles. The van der Waals surface area contributed by atoms with Crippen LogP contribution in [0, 0.1) is 0 Å². The van der Waals surface area contributed by atoms with E-state index in [0.717, 1.165) is 5.56 Å². The van der Waals surface area contributed by atoms with E-state index in [2.05, 4.69) is 0 Å². The lowest BCUT2D eigenvalue weighted by molar-refractivity contribution is 0.0996. The van der Waals surface area contributed by atoms with Crippen molar-refractivity contribution in [2.45, 2.75) is 6.61 Å². The molecule has 2 N–H and O–H groups in total. The first-order valence-electron chi connectivity index (χ1n) is 5.85. The third-order valence-corrected chi connectivity index (χ3v) is 2.69. The standard InChI is InChI=1S/C15H15NO3/c1-18-12-7-8-13(15(16)17)14(9-12)19-10-11-5-3-2-4-6-11/h2-9H,10H2,1H3,(H2,16,17). The second-order valence-corrected chi connectivity index (χ2v) is 4.00. The summed E-state index contributed by atoms with van der Waals surface area (Å²) in [7, 11) is 1.56. The Morgan fingerprint density at radius 3 is 2.53 bits per heavy atom. The molecule has 19 heavy (non-hydrogen) atoms. The van der Waals surface area contributed by atoms with Crippen LogP contribution in [-0.4, -0.2) is 13.0 Å². The third-order valence-electron chi connectivity index (χ3n) is 2.69.